The van der Waals surface area contributed by atoms with Crippen LogP contribution in [0.15, 0.2) is 35.3 Å². The Balaban J connectivity index is 2.41. The number of fused-ring (bicyclic) bond motifs is 1. The van der Waals surface area contributed by atoms with Gasteiger partial charge in [0.15, 0.2) is 0 Å². The standard InChI is InChI=1S/C29H38FN3O/c1-7-10-19(4)28-27(29(34)32-14-9-3)24-16-20(5)22(18-31-13-8-2)17-26(24)33(28)23-11-12-25(30)21(6)15-23/h11-12,15-19H,7-10,13-14H2,1-6H3,(H,32,34). The average Bonchev–Trinajstić information content (AvgIpc) is 3.13. The van der Waals surface area contributed by atoms with Gasteiger partial charge in [0, 0.05) is 36.1 Å². The molecule has 1 aromatic heterocycles. The first-order valence-corrected chi connectivity index (χ1v) is 12.6. The number of aryl methyl sites for hydroxylation is 2. The van der Waals surface area contributed by atoms with Crippen molar-refractivity contribution >= 4 is 23.0 Å². The highest BCUT2D eigenvalue weighted by Crippen LogP contribution is 2.37. The summed E-state index contributed by atoms with van der Waals surface area (Å²) in [5.41, 5.74) is 6.24. The van der Waals surface area contributed by atoms with E-state index < -0.39 is 0 Å². The van der Waals surface area contributed by atoms with Crippen molar-refractivity contribution in [3.63, 3.8) is 0 Å². The number of halogens is 1. The molecule has 0 aliphatic heterocycles. The molecule has 1 atom stereocenters. The number of benzene rings is 2. The maximum absolute atomic E-state index is 14.2. The molecule has 1 unspecified atom stereocenters. The monoisotopic (exact) mass is 463 g/mol. The quantitative estimate of drug-likeness (QED) is 0.316. The molecule has 0 radical (unpaired) electrons. The number of carbonyl (C=O) groups excluding carboxylic acids is 1. The van der Waals surface area contributed by atoms with Crippen LogP contribution in [0.5, 0.6) is 0 Å². The second kappa shape index (κ2) is 11.5. The minimum absolute atomic E-state index is 0.0470. The fourth-order valence-corrected chi connectivity index (χ4v) is 4.56. The van der Waals surface area contributed by atoms with E-state index in [4.69, 9.17) is 0 Å². The molecule has 0 aliphatic rings. The smallest absolute Gasteiger partial charge is 0.253 e. The third kappa shape index (κ3) is 5.24. The van der Waals surface area contributed by atoms with Crippen LogP contribution in [-0.4, -0.2) is 29.8 Å². The first-order chi connectivity index (χ1) is 16.3. The van der Waals surface area contributed by atoms with Crippen LogP contribution in [0.25, 0.3) is 16.6 Å². The molecule has 0 spiro atoms. The van der Waals surface area contributed by atoms with Gasteiger partial charge in [-0.2, -0.15) is 0 Å². The fraction of sp³-hybridized carbons (Fsp3) is 0.448. The van der Waals surface area contributed by atoms with Crippen molar-refractivity contribution in [2.45, 2.75) is 73.1 Å². The molecule has 1 heterocycles. The molecule has 182 valence electrons. The Morgan fingerprint density at radius 1 is 1.09 bits per heavy atom. The summed E-state index contributed by atoms with van der Waals surface area (Å²) in [6.07, 6.45) is 5.75. The summed E-state index contributed by atoms with van der Waals surface area (Å²) >= 11 is 0. The SMILES string of the molecule is CCCN=Cc1cc2c(cc1C)c(C(=O)NCCC)c(C(C)CCC)n2-c1ccc(F)c(C)c1. The number of hydrogen-bond acceptors (Lipinski definition) is 2. The minimum Gasteiger partial charge on any atom is -0.352 e. The Bertz CT molecular complexity index is 1190. The van der Waals surface area contributed by atoms with Crippen LogP contribution in [0.2, 0.25) is 0 Å². The molecule has 1 amide bonds. The van der Waals surface area contributed by atoms with Crippen molar-refractivity contribution in [2.24, 2.45) is 4.99 Å². The number of carbonyl (C=O) groups is 1. The molecule has 2 aromatic carbocycles. The maximum Gasteiger partial charge on any atom is 0.253 e. The number of nitrogens with zero attached hydrogens (tertiary/aromatic N) is 2. The number of rotatable bonds is 10. The highest BCUT2D eigenvalue weighted by molar-refractivity contribution is 6.10. The Kier molecular flexibility index (Phi) is 8.65. The van der Waals surface area contributed by atoms with E-state index in [0.29, 0.717) is 12.1 Å². The lowest BCUT2D eigenvalue weighted by Crippen LogP contribution is -2.25. The molecule has 3 aromatic rings. The molecule has 5 heteroatoms. The zero-order valence-electron chi connectivity index (χ0n) is 21.5. The predicted molar refractivity (Wildman–Crippen MR) is 141 cm³/mol. The van der Waals surface area contributed by atoms with E-state index in [0.717, 1.165) is 71.2 Å². The lowest BCUT2D eigenvalue weighted by Gasteiger charge is -2.19. The van der Waals surface area contributed by atoms with E-state index in [1.807, 2.05) is 18.3 Å². The van der Waals surface area contributed by atoms with Gasteiger partial charge in [-0.05, 0) is 86.1 Å². The predicted octanol–water partition coefficient (Wildman–Crippen LogP) is 7.26. The van der Waals surface area contributed by atoms with Gasteiger partial charge in [0.25, 0.3) is 5.91 Å². The van der Waals surface area contributed by atoms with E-state index in [2.05, 4.69) is 61.6 Å². The van der Waals surface area contributed by atoms with Gasteiger partial charge in [-0.25, -0.2) is 4.39 Å². The first kappa shape index (κ1) is 25.7. The third-order valence-corrected chi connectivity index (χ3v) is 6.33. The van der Waals surface area contributed by atoms with Gasteiger partial charge in [0.2, 0.25) is 0 Å². The minimum atomic E-state index is -0.229. The molecule has 3 rings (SSSR count). The van der Waals surface area contributed by atoms with E-state index in [1.54, 1.807) is 6.92 Å². The number of hydrogen-bond donors (Lipinski definition) is 1. The zero-order valence-corrected chi connectivity index (χ0v) is 21.5. The third-order valence-electron chi connectivity index (χ3n) is 6.33. The van der Waals surface area contributed by atoms with Gasteiger partial charge in [0.05, 0.1) is 11.1 Å². The lowest BCUT2D eigenvalue weighted by atomic mass is 9.96. The van der Waals surface area contributed by atoms with Gasteiger partial charge < -0.3 is 9.88 Å². The molecule has 0 saturated carbocycles. The van der Waals surface area contributed by atoms with Gasteiger partial charge in [-0.3, -0.25) is 9.79 Å². The van der Waals surface area contributed by atoms with Crippen LogP contribution in [0.3, 0.4) is 0 Å². The summed E-state index contributed by atoms with van der Waals surface area (Å²) in [6, 6.07) is 9.43. The summed E-state index contributed by atoms with van der Waals surface area (Å²) in [4.78, 5) is 18.1. The van der Waals surface area contributed by atoms with Crippen LogP contribution < -0.4 is 5.32 Å². The molecule has 34 heavy (non-hydrogen) atoms. The molecule has 0 aliphatic carbocycles. The van der Waals surface area contributed by atoms with Crippen molar-refractivity contribution in [1.82, 2.24) is 9.88 Å². The molecule has 0 saturated heterocycles. The normalized spacial score (nSPS) is 12.6. The van der Waals surface area contributed by atoms with E-state index in [1.165, 1.54) is 6.07 Å². The summed E-state index contributed by atoms with van der Waals surface area (Å²) in [5, 5.41) is 4.03. The molecular weight excluding hydrogens is 425 g/mol. The second-order valence-corrected chi connectivity index (χ2v) is 9.24. The summed E-state index contributed by atoms with van der Waals surface area (Å²) in [7, 11) is 0. The molecular formula is C29H38FN3O. The Morgan fingerprint density at radius 3 is 2.50 bits per heavy atom. The van der Waals surface area contributed by atoms with Crippen LogP contribution >= 0.6 is 0 Å². The summed E-state index contributed by atoms with van der Waals surface area (Å²) in [6.45, 7) is 13.8. The van der Waals surface area contributed by atoms with Crippen molar-refractivity contribution in [3.8, 4) is 5.69 Å². The number of amides is 1. The highest BCUT2D eigenvalue weighted by Gasteiger charge is 2.27. The van der Waals surface area contributed by atoms with Crippen molar-refractivity contribution in [1.29, 1.82) is 0 Å². The lowest BCUT2D eigenvalue weighted by molar-refractivity contribution is 0.0953. The van der Waals surface area contributed by atoms with E-state index in [9.17, 15) is 9.18 Å². The van der Waals surface area contributed by atoms with Crippen LogP contribution in [0, 0.1) is 19.7 Å². The largest absolute Gasteiger partial charge is 0.352 e. The topological polar surface area (TPSA) is 46.4 Å². The Morgan fingerprint density at radius 2 is 1.85 bits per heavy atom. The molecule has 0 bridgehead atoms. The highest BCUT2D eigenvalue weighted by atomic mass is 19.1. The number of aliphatic imine (C=N–C) groups is 1. The number of aromatic nitrogens is 1. The van der Waals surface area contributed by atoms with Gasteiger partial charge in [-0.1, -0.05) is 34.1 Å². The van der Waals surface area contributed by atoms with Crippen molar-refractivity contribution in [2.75, 3.05) is 13.1 Å². The Labute approximate surface area is 203 Å². The van der Waals surface area contributed by atoms with Gasteiger partial charge >= 0.3 is 0 Å². The molecule has 4 nitrogen and oxygen atoms in total. The Hall–Kier alpha value is -2.95. The maximum atomic E-state index is 14.2. The van der Waals surface area contributed by atoms with Gasteiger partial charge in [0.1, 0.15) is 5.82 Å². The van der Waals surface area contributed by atoms with Gasteiger partial charge in [-0.15, -0.1) is 0 Å². The van der Waals surface area contributed by atoms with Crippen molar-refractivity contribution in [3.05, 3.63) is 64.1 Å². The van der Waals surface area contributed by atoms with E-state index in [-0.39, 0.29) is 17.6 Å². The van der Waals surface area contributed by atoms with E-state index >= 15 is 0 Å². The average molecular weight is 464 g/mol. The number of nitrogens with one attached hydrogen (secondary N) is 1. The molecule has 0 fully saturated rings. The first-order valence-electron chi connectivity index (χ1n) is 12.6. The van der Waals surface area contributed by atoms with Crippen LogP contribution in [0.1, 0.15) is 92.0 Å². The van der Waals surface area contributed by atoms with Crippen LogP contribution in [0.4, 0.5) is 4.39 Å². The van der Waals surface area contributed by atoms with Crippen LogP contribution in [-0.2, 0) is 0 Å². The zero-order chi connectivity index (χ0) is 24.8. The summed E-state index contributed by atoms with van der Waals surface area (Å²) in [5.74, 6) is -0.121. The second-order valence-electron chi connectivity index (χ2n) is 9.24. The molecule has 1 N–H and O–H groups in total. The fourth-order valence-electron chi connectivity index (χ4n) is 4.56. The van der Waals surface area contributed by atoms with Crippen molar-refractivity contribution < 1.29 is 9.18 Å². The summed E-state index contributed by atoms with van der Waals surface area (Å²) < 4.78 is 16.3.